The molecular formula is C30H33N5O6. The van der Waals surface area contributed by atoms with Crippen molar-refractivity contribution in [3.8, 4) is 29.1 Å². The van der Waals surface area contributed by atoms with Crippen LogP contribution in [0, 0.1) is 11.3 Å². The first kappa shape index (κ1) is 29.1. The molecule has 1 aliphatic rings. The fourth-order valence-corrected chi connectivity index (χ4v) is 4.30. The van der Waals surface area contributed by atoms with Crippen LogP contribution in [0.3, 0.4) is 0 Å². The van der Waals surface area contributed by atoms with Gasteiger partial charge in [-0.15, -0.1) is 0 Å². The van der Waals surface area contributed by atoms with Gasteiger partial charge in [0.05, 0.1) is 12.8 Å². The molecule has 1 amide bonds. The highest BCUT2D eigenvalue weighted by molar-refractivity contribution is 5.83. The van der Waals surface area contributed by atoms with E-state index < -0.39 is 11.3 Å². The van der Waals surface area contributed by atoms with Crippen molar-refractivity contribution in [1.82, 2.24) is 5.32 Å². The Morgan fingerprint density at radius 2 is 1.71 bits per heavy atom. The summed E-state index contributed by atoms with van der Waals surface area (Å²) in [5.74, 6) is 1.48. The largest absolute Gasteiger partial charge is 0.495 e. The summed E-state index contributed by atoms with van der Waals surface area (Å²) in [7, 11) is 6.44. The number of hydrogen-bond acceptors (Lipinski definition) is 10. The molecule has 11 nitrogen and oxygen atoms in total. The standard InChI is InChI=1S/C30H33N5O6/c1-29(2,28(36)33-4)41-40-26-10-8-7-9-25(26)39-21-13-11-20(12-14-21)35-30(38-6)19(17-31)18-34-23-16-24(32-3)27(37-5)15-22(23)30/h7-16,18,32,34-35H,1-6H3,(H,33,36). The van der Waals surface area contributed by atoms with Crippen LogP contribution >= 0.6 is 0 Å². The maximum atomic E-state index is 12.0. The van der Waals surface area contributed by atoms with Gasteiger partial charge in [0.25, 0.3) is 5.91 Å². The average Bonchev–Trinajstić information content (AvgIpc) is 3.00. The first-order valence-corrected chi connectivity index (χ1v) is 12.8. The first-order chi connectivity index (χ1) is 19.7. The number of ether oxygens (including phenoxy) is 3. The topological polar surface area (TPSA) is 135 Å². The zero-order chi connectivity index (χ0) is 29.6. The number of nitriles is 1. The smallest absolute Gasteiger partial charge is 0.255 e. The summed E-state index contributed by atoms with van der Waals surface area (Å²) in [6, 6.07) is 20.1. The van der Waals surface area contributed by atoms with Crippen molar-refractivity contribution in [1.29, 1.82) is 5.26 Å². The Morgan fingerprint density at radius 3 is 2.32 bits per heavy atom. The molecule has 1 unspecified atom stereocenters. The third kappa shape index (κ3) is 5.84. The molecule has 4 rings (SSSR count). The number of fused-ring (bicyclic) bond motifs is 1. The molecule has 0 spiro atoms. The first-order valence-electron chi connectivity index (χ1n) is 12.8. The molecule has 1 heterocycles. The molecule has 0 bridgehead atoms. The number of para-hydroxylation sites is 2. The second-order valence-electron chi connectivity index (χ2n) is 9.50. The summed E-state index contributed by atoms with van der Waals surface area (Å²) in [5.41, 5.74) is 0.721. The third-order valence-electron chi connectivity index (χ3n) is 6.53. The lowest BCUT2D eigenvalue weighted by Crippen LogP contribution is -2.43. The summed E-state index contributed by atoms with van der Waals surface area (Å²) in [4.78, 5) is 22.9. The summed E-state index contributed by atoms with van der Waals surface area (Å²) in [6.07, 6.45) is 1.62. The minimum absolute atomic E-state index is 0.301. The average molecular weight is 560 g/mol. The van der Waals surface area contributed by atoms with E-state index in [0.29, 0.717) is 39.8 Å². The number of likely N-dealkylation sites (N-methyl/N-ethyl adjacent to an activating group) is 1. The fraction of sp³-hybridized carbons (Fsp3) is 0.267. The van der Waals surface area contributed by atoms with Gasteiger partial charge in [0.1, 0.15) is 23.1 Å². The zero-order valence-electron chi connectivity index (χ0n) is 23.7. The van der Waals surface area contributed by atoms with Gasteiger partial charge in [0.15, 0.2) is 11.4 Å². The van der Waals surface area contributed by atoms with Gasteiger partial charge in [-0.2, -0.15) is 10.1 Å². The van der Waals surface area contributed by atoms with Gasteiger partial charge in [-0.3, -0.25) is 4.79 Å². The Hall–Kier alpha value is -4.92. The number of rotatable bonds is 11. The van der Waals surface area contributed by atoms with E-state index in [2.05, 4.69) is 27.3 Å². The lowest BCUT2D eigenvalue weighted by Gasteiger charge is -2.38. The van der Waals surface area contributed by atoms with Gasteiger partial charge in [0.2, 0.25) is 11.5 Å². The van der Waals surface area contributed by atoms with Crippen molar-refractivity contribution in [3.05, 3.63) is 78.0 Å². The van der Waals surface area contributed by atoms with Crippen molar-refractivity contribution in [2.75, 3.05) is 44.3 Å². The molecular weight excluding hydrogens is 526 g/mol. The third-order valence-corrected chi connectivity index (χ3v) is 6.53. The van der Waals surface area contributed by atoms with Gasteiger partial charge in [-0.05, 0) is 62.4 Å². The van der Waals surface area contributed by atoms with E-state index in [-0.39, 0.29) is 5.91 Å². The van der Waals surface area contributed by atoms with E-state index in [1.54, 1.807) is 82.7 Å². The number of hydrogen-bond donors (Lipinski definition) is 4. The predicted molar refractivity (Wildman–Crippen MR) is 155 cm³/mol. The maximum Gasteiger partial charge on any atom is 0.255 e. The number of carbonyl (C=O) groups excluding carboxylic acids is 1. The van der Waals surface area contributed by atoms with Crippen LogP contribution < -0.4 is 35.6 Å². The molecule has 3 aromatic carbocycles. The highest BCUT2D eigenvalue weighted by atomic mass is 17.2. The summed E-state index contributed by atoms with van der Waals surface area (Å²) in [6.45, 7) is 3.19. The Bertz CT molecular complexity index is 1480. The Balaban J connectivity index is 1.58. The molecule has 0 saturated carbocycles. The number of amides is 1. The Labute approximate surface area is 238 Å². The number of nitrogens with one attached hydrogen (secondary N) is 4. The second kappa shape index (κ2) is 12.1. The summed E-state index contributed by atoms with van der Waals surface area (Å²) < 4.78 is 17.6. The fourth-order valence-electron chi connectivity index (χ4n) is 4.30. The molecule has 0 radical (unpaired) electrons. The zero-order valence-corrected chi connectivity index (χ0v) is 23.7. The van der Waals surface area contributed by atoms with Crippen molar-refractivity contribution >= 4 is 23.0 Å². The number of carbonyl (C=O) groups is 1. The van der Waals surface area contributed by atoms with E-state index in [0.717, 1.165) is 11.4 Å². The number of methoxy groups -OCH3 is 2. The van der Waals surface area contributed by atoms with Gasteiger partial charge >= 0.3 is 0 Å². The highest BCUT2D eigenvalue weighted by Gasteiger charge is 2.42. The normalized spacial score (nSPS) is 15.8. The highest BCUT2D eigenvalue weighted by Crippen LogP contribution is 2.45. The van der Waals surface area contributed by atoms with E-state index in [1.165, 1.54) is 14.2 Å². The molecule has 0 fully saturated rings. The lowest BCUT2D eigenvalue weighted by molar-refractivity contribution is -0.272. The van der Waals surface area contributed by atoms with Crippen molar-refractivity contribution < 1.29 is 28.8 Å². The maximum absolute atomic E-state index is 12.0. The summed E-state index contributed by atoms with van der Waals surface area (Å²) >= 11 is 0. The van der Waals surface area contributed by atoms with Gasteiger partial charge in [0, 0.05) is 44.3 Å². The number of nitrogens with zero attached hydrogens (tertiary/aromatic N) is 1. The van der Waals surface area contributed by atoms with Crippen molar-refractivity contribution in [2.24, 2.45) is 0 Å². The Morgan fingerprint density at radius 1 is 1.00 bits per heavy atom. The van der Waals surface area contributed by atoms with E-state index in [1.807, 2.05) is 12.1 Å². The van der Waals surface area contributed by atoms with Gasteiger partial charge < -0.3 is 40.4 Å². The molecule has 41 heavy (non-hydrogen) atoms. The minimum atomic E-state index is -1.29. The van der Waals surface area contributed by atoms with Crippen LogP contribution in [0.15, 0.2) is 72.4 Å². The van der Waals surface area contributed by atoms with Crippen molar-refractivity contribution in [3.63, 3.8) is 0 Å². The molecule has 0 aliphatic carbocycles. The van der Waals surface area contributed by atoms with E-state index >= 15 is 0 Å². The number of anilines is 3. The quantitative estimate of drug-likeness (QED) is 0.143. The van der Waals surface area contributed by atoms with Crippen LogP contribution in [-0.2, 0) is 20.1 Å². The van der Waals surface area contributed by atoms with Crippen molar-refractivity contribution in [2.45, 2.75) is 25.2 Å². The van der Waals surface area contributed by atoms with Gasteiger partial charge in [-0.25, -0.2) is 0 Å². The molecule has 214 valence electrons. The molecule has 3 aromatic rings. The van der Waals surface area contributed by atoms with Crippen LogP contribution in [0.5, 0.6) is 23.0 Å². The molecule has 1 aliphatic heterocycles. The second-order valence-corrected chi connectivity index (χ2v) is 9.50. The predicted octanol–water partition coefficient (Wildman–Crippen LogP) is 5.11. The van der Waals surface area contributed by atoms with Gasteiger partial charge in [-0.1, -0.05) is 12.1 Å². The van der Waals surface area contributed by atoms with Crippen LogP contribution in [0.4, 0.5) is 17.1 Å². The van der Waals surface area contributed by atoms with E-state index in [4.69, 9.17) is 24.0 Å². The monoisotopic (exact) mass is 559 g/mol. The van der Waals surface area contributed by atoms with Crippen LogP contribution in [0.25, 0.3) is 0 Å². The lowest BCUT2D eigenvalue weighted by atomic mass is 9.90. The SMILES string of the molecule is CNC(=O)C(C)(C)OOc1ccccc1Oc1ccc(NC2(OC)C(C#N)=CNc3cc(NC)c(OC)cc32)cc1. The Kier molecular flexibility index (Phi) is 8.56. The van der Waals surface area contributed by atoms with Crippen LogP contribution in [0.1, 0.15) is 19.4 Å². The van der Waals surface area contributed by atoms with E-state index in [9.17, 15) is 10.1 Å². The molecule has 0 saturated heterocycles. The summed E-state index contributed by atoms with van der Waals surface area (Å²) in [5, 5.41) is 22.2. The number of benzene rings is 3. The van der Waals surface area contributed by atoms with Crippen LogP contribution in [-0.4, -0.2) is 39.8 Å². The minimum Gasteiger partial charge on any atom is -0.495 e. The molecule has 1 atom stereocenters. The molecule has 11 heteroatoms. The molecule has 4 N–H and O–H groups in total. The van der Waals surface area contributed by atoms with Crippen LogP contribution in [0.2, 0.25) is 0 Å². The molecule has 0 aromatic heterocycles.